The van der Waals surface area contributed by atoms with Crippen LogP contribution in [-0.4, -0.2) is 17.4 Å². The van der Waals surface area contributed by atoms with Gasteiger partial charge in [-0.3, -0.25) is 4.79 Å². The van der Waals surface area contributed by atoms with Gasteiger partial charge in [0.2, 0.25) is 5.91 Å². The van der Waals surface area contributed by atoms with Gasteiger partial charge in [-0.15, -0.1) is 0 Å². The Bertz CT molecular complexity index is 313. The lowest BCUT2D eigenvalue weighted by Gasteiger charge is -1.98. The third-order valence-corrected chi connectivity index (χ3v) is 2.57. The molecule has 0 saturated heterocycles. The standard InChI is InChI=1S/C7H10ClN3OS/c1-4(12)10-3-2-5-6(8)13-7(9)11-5/h2-3H2,1H3,(H2,9,11)(H,10,12). The summed E-state index contributed by atoms with van der Waals surface area (Å²) in [7, 11) is 0. The van der Waals surface area contributed by atoms with Gasteiger partial charge in [0.25, 0.3) is 0 Å². The first-order valence-electron chi connectivity index (χ1n) is 3.74. The Morgan fingerprint density at radius 1 is 1.77 bits per heavy atom. The second kappa shape index (κ2) is 4.43. The average molecular weight is 220 g/mol. The predicted octanol–water partition coefficient (Wildman–Crippen LogP) is 1.06. The normalized spacial score (nSPS) is 10.0. The number of nitrogen functional groups attached to an aromatic ring is 1. The molecule has 1 amide bonds. The number of halogens is 1. The van der Waals surface area contributed by atoms with Crippen molar-refractivity contribution in [2.24, 2.45) is 0 Å². The van der Waals surface area contributed by atoms with Gasteiger partial charge in [0.1, 0.15) is 4.34 Å². The van der Waals surface area contributed by atoms with Crippen LogP contribution in [0.15, 0.2) is 0 Å². The van der Waals surface area contributed by atoms with E-state index in [0.717, 1.165) is 5.69 Å². The van der Waals surface area contributed by atoms with E-state index in [1.54, 1.807) is 0 Å². The van der Waals surface area contributed by atoms with Crippen molar-refractivity contribution >= 4 is 34.0 Å². The zero-order valence-corrected chi connectivity index (χ0v) is 8.71. The quantitative estimate of drug-likeness (QED) is 0.799. The highest BCUT2D eigenvalue weighted by molar-refractivity contribution is 7.19. The lowest BCUT2D eigenvalue weighted by molar-refractivity contribution is -0.118. The molecule has 0 aliphatic carbocycles. The monoisotopic (exact) mass is 219 g/mol. The van der Waals surface area contributed by atoms with Crippen LogP contribution in [0.1, 0.15) is 12.6 Å². The summed E-state index contributed by atoms with van der Waals surface area (Å²) in [4.78, 5) is 14.6. The Labute approximate surface area is 85.1 Å². The fraction of sp³-hybridized carbons (Fsp3) is 0.429. The van der Waals surface area contributed by atoms with Crippen LogP contribution in [-0.2, 0) is 11.2 Å². The molecule has 0 unspecified atom stereocenters. The molecule has 1 rings (SSSR count). The number of rotatable bonds is 3. The Morgan fingerprint density at radius 2 is 2.46 bits per heavy atom. The van der Waals surface area contributed by atoms with Crippen LogP contribution in [0.5, 0.6) is 0 Å². The number of hydrogen-bond acceptors (Lipinski definition) is 4. The van der Waals surface area contributed by atoms with Gasteiger partial charge in [-0.25, -0.2) is 4.98 Å². The summed E-state index contributed by atoms with van der Waals surface area (Å²) in [5, 5.41) is 3.12. The van der Waals surface area contributed by atoms with Gasteiger partial charge in [0.05, 0.1) is 5.69 Å². The summed E-state index contributed by atoms with van der Waals surface area (Å²) in [5.74, 6) is -0.0562. The van der Waals surface area contributed by atoms with E-state index in [4.69, 9.17) is 17.3 Å². The van der Waals surface area contributed by atoms with Crippen LogP contribution in [0.4, 0.5) is 5.13 Å². The first kappa shape index (κ1) is 10.3. The van der Waals surface area contributed by atoms with Gasteiger partial charge >= 0.3 is 0 Å². The van der Waals surface area contributed by atoms with E-state index in [-0.39, 0.29) is 5.91 Å². The van der Waals surface area contributed by atoms with E-state index in [0.29, 0.717) is 22.4 Å². The van der Waals surface area contributed by atoms with Gasteiger partial charge in [0.15, 0.2) is 5.13 Å². The van der Waals surface area contributed by atoms with Crippen molar-refractivity contribution in [3.63, 3.8) is 0 Å². The number of amides is 1. The Morgan fingerprint density at radius 3 is 2.92 bits per heavy atom. The summed E-state index contributed by atoms with van der Waals surface area (Å²) < 4.78 is 0.600. The molecule has 3 N–H and O–H groups in total. The zero-order chi connectivity index (χ0) is 9.84. The van der Waals surface area contributed by atoms with Crippen molar-refractivity contribution in [2.45, 2.75) is 13.3 Å². The van der Waals surface area contributed by atoms with E-state index >= 15 is 0 Å². The molecular formula is C7H10ClN3OS. The molecule has 0 aliphatic rings. The summed E-state index contributed by atoms with van der Waals surface area (Å²) >= 11 is 7.07. The summed E-state index contributed by atoms with van der Waals surface area (Å²) in [5.41, 5.74) is 6.19. The van der Waals surface area contributed by atoms with E-state index in [2.05, 4.69) is 10.3 Å². The molecule has 6 heteroatoms. The number of carbonyl (C=O) groups is 1. The van der Waals surface area contributed by atoms with E-state index in [1.807, 2.05) is 0 Å². The van der Waals surface area contributed by atoms with Crippen molar-refractivity contribution in [3.05, 3.63) is 10.0 Å². The summed E-state index contributed by atoms with van der Waals surface area (Å²) in [6.45, 7) is 2.01. The Balaban J connectivity index is 2.45. The van der Waals surface area contributed by atoms with Crippen LogP contribution in [0.25, 0.3) is 0 Å². The molecule has 1 heterocycles. The summed E-state index contributed by atoms with van der Waals surface area (Å²) in [6.07, 6.45) is 0.617. The maximum Gasteiger partial charge on any atom is 0.216 e. The predicted molar refractivity (Wildman–Crippen MR) is 53.9 cm³/mol. The van der Waals surface area contributed by atoms with Crippen LogP contribution in [0.3, 0.4) is 0 Å². The van der Waals surface area contributed by atoms with Crippen LogP contribution in [0.2, 0.25) is 4.34 Å². The number of nitrogens with zero attached hydrogens (tertiary/aromatic N) is 1. The molecular weight excluding hydrogens is 210 g/mol. The molecule has 0 saturated carbocycles. The van der Waals surface area contributed by atoms with Gasteiger partial charge in [-0.05, 0) is 0 Å². The molecule has 0 atom stereocenters. The minimum absolute atomic E-state index is 0.0562. The van der Waals surface area contributed by atoms with Gasteiger partial charge in [-0.2, -0.15) is 0 Å². The molecule has 1 aromatic rings. The van der Waals surface area contributed by atoms with Gasteiger partial charge in [-0.1, -0.05) is 22.9 Å². The Kier molecular flexibility index (Phi) is 3.50. The molecule has 0 aliphatic heterocycles. The highest BCUT2D eigenvalue weighted by Gasteiger charge is 2.06. The fourth-order valence-electron chi connectivity index (χ4n) is 0.862. The number of aromatic nitrogens is 1. The minimum Gasteiger partial charge on any atom is -0.375 e. The highest BCUT2D eigenvalue weighted by Crippen LogP contribution is 2.25. The fourth-order valence-corrected chi connectivity index (χ4v) is 1.84. The SMILES string of the molecule is CC(=O)NCCc1nc(N)sc1Cl. The molecule has 72 valence electrons. The number of nitrogens with two attached hydrogens (primary N) is 1. The average Bonchev–Trinajstić information content (AvgIpc) is 2.29. The first-order valence-corrected chi connectivity index (χ1v) is 4.94. The van der Waals surface area contributed by atoms with Crippen molar-refractivity contribution in [2.75, 3.05) is 12.3 Å². The maximum atomic E-state index is 10.5. The molecule has 13 heavy (non-hydrogen) atoms. The summed E-state index contributed by atoms with van der Waals surface area (Å²) in [6, 6.07) is 0. The number of hydrogen-bond donors (Lipinski definition) is 2. The Hall–Kier alpha value is -0.810. The molecule has 1 aromatic heterocycles. The van der Waals surface area contributed by atoms with Gasteiger partial charge in [0, 0.05) is 19.9 Å². The minimum atomic E-state index is -0.0562. The molecule has 0 bridgehead atoms. The smallest absolute Gasteiger partial charge is 0.216 e. The van der Waals surface area contributed by atoms with E-state index in [9.17, 15) is 4.79 Å². The number of thiazole rings is 1. The zero-order valence-electron chi connectivity index (χ0n) is 7.13. The number of nitrogens with one attached hydrogen (secondary N) is 1. The number of anilines is 1. The molecule has 0 fully saturated rings. The van der Waals surface area contributed by atoms with Crippen LogP contribution >= 0.6 is 22.9 Å². The maximum absolute atomic E-state index is 10.5. The van der Waals surface area contributed by atoms with E-state index in [1.165, 1.54) is 18.3 Å². The molecule has 0 aromatic carbocycles. The second-order valence-corrected chi connectivity index (χ2v) is 4.14. The van der Waals surface area contributed by atoms with E-state index < -0.39 is 0 Å². The van der Waals surface area contributed by atoms with Crippen molar-refractivity contribution in [1.82, 2.24) is 10.3 Å². The van der Waals surface area contributed by atoms with Gasteiger partial charge < -0.3 is 11.1 Å². The molecule has 0 spiro atoms. The first-order chi connectivity index (χ1) is 6.09. The lowest BCUT2D eigenvalue weighted by atomic mass is 10.3. The van der Waals surface area contributed by atoms with Crippen molar-refractivity contribution in [3.8, 4) is 0 Å². The number of carbonyl (C=O) groups excluding carboxylic acids is 1. The third-order valence-electron chi connectivity index (χ3n) is 1.40. The highest BCUT2D eigenvalue weighted by atomic mass is 35.5. The van der Waals surface area contributed by atoms with Crippen molar-refractivity contribution < 1.29 is 4.79 Å². The second-order valence-electron chi connectivity index (χ2n) is 2.51. The topological polar surface area (TPSA) is 68.0 Å². The third kappa shape index (κ3) is 3.20. The lowest BCUT2D eigenvalue weighted by Crippen LogP contribution is -2.22. The molecule has 0 radical (unpaired) electrons. The van der Waals surface area contributed by atoms with Crippen molar-refractivity contribution in [1.29, 1.82) is 0 Å². The largest absolute Gasteiger partial charge is 0.375 e. The van der Waals surface area contributed by atoms with Crippen LogP contribution < -0.4 is 11.1 Å². The molecule has 4 nitrogen and oxygen atoms in total. The van der Waals surface area contributed by atoms with Crippen LogP contribution in [0, 0.1) is 0 Å².